The zero-order valence-corrected chi connectivity index (χ0v) is 35.7. The van der Waals surface area contributed by atoms with Gasteiger partial charge in [0.15, 0.2) is 0 Å². The molecular formula is C49H59N5O7. The number of rotatable bonds is 11. The number of piperidine rings is 1. The van der Waals surface area contributed by atoms with E-state index in [2.05, 4.69) is 15.1 Å². The molecule has 4 aromatic carbocycles. The van der Waals surface area contributed by atoms with Crippen LogP contribution in [0.4, 0.5) is 17.1 Å². The van der Waals surface area contributed by atoms with Crippen molar-refractivity contribution in [2.75, 3.05) is 50.6 Å². The second-order valence-corrected chi connectivity index (χ2v) is 16.8. The summed E-state index contributed by atoms with van der Waals surface area (Å²) >= 11 is 0. The third-order valence-corrected chi connectivity index (χ3v) is 13.2. The van der Waals surface area contributed by atoms with Gasteiger partial charge in [-0.3, -0.25) is 24.5 Å². The Labute approximate surface area is 359 Å². The summed E-state index contributed by atoms with van der Waals surface area (Å²) in [7, 11) is 3.24. The SMILES string of the molecule is COc1ccc(-c2cc(NC(=O)C3CC(=O)N(C(C)c4ccccc4)C3)ccc2OC)cc1.O=C(C1CCN(c2ccccc2[N+](=O)[O-])CC1)N1CCCC1C1CCCCC1. The minimum atomic E-state index is -0.393. The highest BCUT2D eigenvalue weighted by Crippen LogP contribution is 2.38. The van der Waals surface area contributed by atoms with Gasteiger partial charge in [0.25, 0.3) is 5.69 Å². The molecule has 322 valence electrons. The van der Waals surface area contributed by atoms with E-state index in [4.69, 9.17) is 9.47 Å². The minimum absolute atomic E-state index is 0.000144. The lowest BCUT2D eigenvalue weighted by Crippen LogP contribution is -2.46. The summed E-state index contributed by atoms with van der Waals surface area (Å²) in [6.45, 7) is 4.75. The van der Waals surface area contributed by atoms with Gasteiger partial charge in [0.2, 0.25) is 17.7 Å². The summed E-state index contributed by atoms with van der Waals surface area (Å²) in [6.07, 6.45) is 10.7. The van der Waals surface area contributed by atoms with Crippen molar-refractivity contribution >= 4 is 34.8 Å². The molecule has 1 saturated carbocycles. The number of carbonyl (C=O) groups excluding carboxylic acids is 3. The van der Waals surface area contributed by atoms with Gasteiger partial charge in [-0.15, -0.1) is 0 Å². The molecule has 61 heavy (non-hydrogen) atoms. The van der Waals surface area contributed by atoms with Gasteiger partial charge in [0, 0.05) is 61.9 Å². The number of nitro groups is 1. The molecule has 3 unspecified atom stereocenters. The molecule has 0 aromatic heterocycles. The maximum atomic E-state index is 13.3. The molecule has 3 saturated heterocycles. The first-order chi connectivity index (χ1) is 29.6. The summed E-state index contributed by atoms with van der Waals surface area (Å²) in [5, 5.41) is 14.3. The maximum absolute atomic E-state index is 13.3. The van der Waals surface area contributed by atoms with E-state index in [1.165, 1.54) is 38.5 Å². The zero-order chi connectivity index (χ0) is 42.9. The van der Waals surface area contributed by atoms with E-state index in [0.717, 1.165) is 48.2 Å². The van der Waals surface area contributed by atoms with Crippen LogP contribution in [-0.4, -0.2) is 78.9 Å². The molecule has 3 atom stereocenters. The van der Waals surface area contributed by atoms with E-state index in [-0.39, 0.29) is 40.8 Å². The molecule has 0 bridgehead atoms. The van der Waals surface area contributed by atoms with Crippen molar-refractivity contribution in [1.29, 1.82) is 0 Å². The Morgan fingerprint density at radius 1 is 0.787 bits per heavy atom. The largest absolute Gasteiger partial charge is 0.497 e. The number of nitrogens with one attached hydrogen (secondary N) is 1. The van der Waals surface area contributed by atoms with Crippen molar-refractivity contribution in [2.24, 2.45) is 17.8 Å². The molecular weight excluding hydrogens is 771 g/mol. The average molecular weight is 830 g/mol. The standard InChI is InChI=1S/C27H28N2O4.C22H31N3O3/c1-18(19-7-5-4-6-8-19)29-17-21(15-26(29)30)27(31)28-22-11-14-25(33-3)24(16-22)20-9-12-23(32-2)13-10-20;26-22(24-14-6-11-19(24)17-7-2-1-3-8-17)18-12-15-23(16-13-18)20-9-4-5-10-21(20)25(27)28/h4-14,16,18,21H,15,17H2,1-3H3,(H,28,31);4-5,9-10,17-19H,1-3,6-8,11-16H2. The fraction of sp³-hybridized carbons (Fsp3) is 0.449. The molecule has 0 radical (unpaired) electrons. The molecule has 4 fully saturated rings. The second kappa shape index (κ2) is 20.1. The number of nitrogens with zero attached hydrogens (tertiary/aromatic N) is 4. The number of ether oxygens (including phenoxy) is 2. The molecule has 8 rings (SSSR count). The molecule has 4 aromatic rings. The maximum Gasteiger partial charge on any atom is 0.292 e. The van der Waals surface area contributed by atoms with Crippen LogP contribution in [0.3, 0.4) is 0 Å². The quantitative estimate of drug-likeness (QED) is 0.117. The molecule has 3 heterocycles. The number of hydrogen-bond donors (Lipinski definition) is 1. The topological polar surface area (TPSA) is 135 Å². The summed E-state index contributed by atoms with van der Waals surface area (Å²) in [6, 6.07) is 30.4. The van der Waals surface area contributed by atoms with Crippen LogP contribution in [0.25, 0.3) is 11.1 Å². The highest BCUT2D eigenvalue weighted by molar-refractivity contribution is 5.98. The van der Waals surface area contributed by atoms with Crippen LogP contribution in [0, 0.1) is 27.9 Å². The zero-order valence-electron chi connectivity index (χ0n) is 35.7. The van der Waals surface area contributed by atoms with Crippen molar-refractivity contribution in [3.05, 3.63) is 113 Å². The predicted molar refractivity (Wildman–Crippen MR) is 238 cm³/mol. The van der Waals surface area contributed by atoms with Crippen LogP contribution in [0.15, 0.2) is 97.1 Å². The number of carbonyl (C=O) groups is 3. The van der Waals surface area contributed by atoms with Gasteiger partial charge >= 0.3 is 0 Å². The smallest absolute Gasteiger partial charge is 0.292 e. The van der Waals surface area contributed by atoms with Gasteiger partial charge in [-0.05, 0) is 98.9 Å². The van der Waals surface area contributed by atoms with Gasteiger partial charge in [0.1, 0.15) is 17.2 Å². The second-order valence-electron chi connectivity index (χ2n) is 16.8. The van der Waals surface area contributed by atoms with Crippen LogP contribution in [0.2, 0.25) is 0 Å². The molecule has 12 heteroatoms. The van der Waals surface area contributed by atoms with Crippen LogP contribution >= 0.6 is 0 Å². The highest BCUT2D eigenvalue weighted by atomic mass is 16.6. The van der Waals surface area contributed by atoms with Crippen molar-refractivity contribution in [1.82, 2.24) is 9.80 Å². The molecule has 4 aliphatic rings. The fourth-order valence-corrected chi connectivity index (χ4v) is 9.78. The lowest BCUT2D eigenvalue weighted by Gasteiger charge is -2.38. The Morgan fingerprint density at radius 3 is 2.18 bits per heavy atom. The Morgan fingerprint density at radius 2 is 1.49 bits per heavy atom. The van der Waals surface area contributed by atoms with Gasteiger partial charge in [-0.2, -0.15) is 0 Å². The lowest BCUT2D eigenvalue weighted by atomic mass is 9.82. The van der Waals surface area contributed by atoms with Crippen molar-refractivity contribution in [2.45, 2.75) is 83.2 Å². The Bertz CT molecular complexity index is 2130. The molecule has 3 amide bonds. The molecule has 1 aliphatic carbocycles. The fourth-order valence-electron chi connectivity index (χ4n) is 9.78. The third-order valence-electron chi connectivity index (χ3n) is 13.2. The first-order valence-corrected chi connectivity index (χ1v) is 21.9. The predicted octanol–water partition coefficient (Wildman–Crippen LogP) is 9.30. The van der Waals surface area contributed by atoms with Gasteiger partial charge < -0.3 is 29.5 Å². The molecule has 1 N–H and O–H groups in total. The normalized spacial score (nSPS) is 20.1. The van der Waals surface area contributed by atoms with E-state index in [1.54, 1.807) is 31.3 Å². The lowest BCUT2D eigenvalue weighted by molar-refractivity contribution is -0.384. The number of amides is 3. The number of methoxy groups -OCH3 is 2. The van der Waals surface area contributed by atoms with Crippen LogP contribution in [0.1, 0.15) is 82.7 Å². The monoisotopic (exact) mass is 829 g/mol. The Hall–Kier alpha value is -5.91. The van der Waals surface area contributed by atoms with Crippen molar-refractivity contribution in [3.8, 4) is 22.6 Å². The average Bonchev–Trinajstić information content (AvgIpc) is 3.97. The summed E-state index contributed by atoms with van der Waals surface area (Å²) in [4.78, 5) is 56.0. The summed E-state index contributed by atoms with van der Waals surface area (Å²) in [5.41, 5.74) is 4.37. The number of anilines is 2. The van der Waals surface area contributed by atoms with Crippen molar-refractivity contribution < 1.29 is 28.8 Å². The van der Waals surface area contributed by atoms with Crippen LogP contribution in [-0.2, 0) is 14.4 Å². The summed E-state index contributed by atoms with van der Waals surface area (Å²) in [5.74, 6) is 2.04. The van der Waals surface area contributed by atoms with E-state index < -0.39 is 5.92 Å². The highest BCUT2D eigenvalue weighted by Gasteiger charge is 2.39. The number of benzene rings is 4. The van der Waals surface area contributed by atoms with E-state index >= 15 is 0 Å². The van der Waals surface area contributed by atoms with Gasteiger partial charge in [-0.25, -0.2) is 0 Å². The Balaban J connectivity index is 0.000000186. The molecule has 3 aliphatic heterocycles. The van der Waals surface area contributed by atoms with Crippen molar-refractivity contribution in [3.63, 3.8) is 0 Å². The van der Waals surface area contributed by atoms with Gasteiger partial charge in [0.05, 0.1) is 31.1 Å². The molecule has 12 nitrogen and oxygen atoms in total. The first-order valence-electron chi connectivity index (χ1n) is 21.9. The number of likely N-dealkylation sites (tertiary alicyclic amines) is 2. The number of hydrogen-bond acceptors (Lipinski definition) is 8. The summed E-state index contributed by atoms with van der Waals surface area (Å²) < 4.78 is 10.8. The molecule has 0 spiro atoms. The Kier molecular flexibility index (Phi) is 14.2. The number of nitro benzene ring substituents is 1. The third kappa shape index (κ3) is 10.2. The van der Waals surface area contributed by atoms with E-state index in [1.807, 2.05) is 91.9 Å². The first kappa shape index (κ1) is 43.2. The van der Waals surface area contributed by atoms with Gasteiger partial charge in [-0.1, -0.05) is 73.9 Å². The number of para-hydroxylation sites is 2. The van der Waals surface area contributed by atoms with E-state index in [0.29, 0.717) is 54.6 Å². The van der Waals surface area contributed by atoms with Crippen LogP contribution < -0.4 is 19.7 Å². The minimum Gasteiger partial charge on any atom is -0.497 e. The van der Waals surface area contributed by atoms with E-state index in [9.17, 15) is 24.5 Å². The van der Waals surface area contributed by atoms with Crippen LogP contribution in [0.5, 0.6) is 11.5 Å².